The summed E-state index contributed by atoms with van der Waals surface area (Å²) < 4.78 is 4.86. The van der Waals surface area contributed by atoms with Crippen LogP contribution in [0.3, 0.4) is 0 Å². The molecule has 0 aliphatic rings. The molecule has 0 heterocycles. The summed E-state index contributed by atoms with van der Waals surface area (Å²) >= 11 is 0. The summed E-state index contributed by atoms with van der Waals surface area (Å²) in [7, 11) is 0. The molecule has 0 aromatic heterocycles. The molecule has 1 aromatic carbocycles. The summed E-state index contributed by atoms with van der Waals surface area (Å²) in [6, 6.07) is 4.08. The van der Waals surface area contributed by atoms with Gasteiger partial charge in [0.05, 0.1) is 4.92 Å². The van der Waals surface area contributed by atoms with Gasteiger partial charge in [-0.3, -0.25) is 10.1 Å². The maximum absolute atomic E-state index is 10.5. The molecule has 0 radical (unpaired) electrons. The van der Waals surface area contributed by atoms with Gasteiger partial charge in [-0.1, -0.05) is 13.8 Å². The maximum Gasteiger partial charge on any atom is 0.341 e. The van der Waals surface area contributed by atoms with Crippen LogP contribution >= 0.6 is 0 Å². The molecular weight excluding hydrogens is 226 g/mol. The first kappa shape index (κ1) is 14.9. The molecule has 1 N–H and O–H groups in total. The Morgan fingerprint density at radius 2 is 2.06 bits per heavy atom. The largest absolute Gasteiger partial charge is 0.482 e. The highest BCUT2D eigenvalue weighted by molar-refractivity contribution is 5.68. The highest BCUT2D eigenvalue weighted by Crippen LogP contribution is 2.22. The Morgan fingerprint density at radius 3 is 2.47 bits per heavy atom. The first-order valence-corrected chi connectivity index (χ1v) is 5.10. The molecule has 0 spiro atoms. The van der Waals surface area contributed by atoms with E-state index in [0.29, 0.717) is 11.3 Å². The molecule has 17 heavy (non-hydrogen) atoms. The van der Waals surface area contributed by atoms with Crippen LogP contribution in [0.2, 0.25) is 0 Å². The summed E-state index contributed by atoms with van der Waals surface area (Å²) in [6.07, 6.45) is 0. The van der Waals surface area contributed by atoms with Gasteiger partial charge in [-0.15, -0.1) is 0 Å². The summed E-state index contributed by atoms with van der Waals surface area (Å²) in [5, 5.41) is 18.8. The molecule has 6 heteroatoms. The van der Waals surface area contributed by atoms with Crippen molar-refractivity contribution in [1.82, 2.24) is 0 Å². The molecule has 0 amide bonds. The molecule has 0 unspecified atom stereocenters. The van der Waals surface area contributed by atoms with E-state index in [0.717, 1.165) is 0 Å². The number of aliphatic carboxylic acids is 1. The van der Waals surface area contributed by atoms with Crippen molar-refractivity contribution in [3.8, 4) is 5.75 Å². The molecule has 6 nitrogen and oxygen atoms in total. The fourth-order valence-corrected chi connectivity index (χ4v) is 1.07. The lowest BCUT2D eigenvalue weighted by Crippen LogP contribution is -2.09. The lowest BCUT2D eigenvalue weighted by atomic mass is 10.2. The number of ether oxygens (including phenoxy) is 1. The highest BCUT2D eigenvalue weighted by atomic mass is 16.6. The van der Waals surface area contributed by atoms with Gasteiger partial charge in [0, 0.05) is 11.6 Å². The van der Waals surface area contributed by atoms with Gasteiger partial charge in [0.2, 0.25) is 0 Å². The molecule has 0 fully saturated rings. The Hall–Kier alpha value is -2.11. The summed E-state index contributed by atoms with van der Waals surface area (Å²) in [5.41, 5.74) is 0.417. The normalized spacial score (nSPS) is 8.88. The zero-order chi connectivity index (χ0) is 13.4. The molecule has 0 aliphatic heterocycles. The van der Waals surface area contributed by atoms with Crippen molar-refractivity contribution in [3.05, 3.63) is 33.9 Å². The van der Waals surface area contributed by atoms with Crippen LogP contribution in [0.4, 0.5) is 5.69 Å². The van der Waals surface area contributed by atoms with Crippen molar-refractivity contribution in [2.75, 3.05) is 6.61 Å². The lowest BCUT2D eigenvalue weighted by molar-refractivity contribution is -0.385. The maximum atomic E-state index is 10.5. The van der Waals surface area contributed by atoms with Gasteiger partial charge in [-0.2, -0.15) is 0 Å². The zero-order valence-electron chi connectivity index (χ0n) is 9.97. The molecule has 0 bridgehead atoms. The van der Waals surface area contributed by atoms with Crippen molar-refractivity contribution in [3.63, 3.8) is 0 Å². The standard InChI is InChI=1S/C9H9NO5.C2H6/c1-6-4-7(15-5-9(11)12)2-3-8(6)10(13)14;1-2/h2-4H,5H2,1H3,(H,11,12);1-2H3. The fraction of sp³-hybridized carbons (Fsp3) is 0.364. The molecule has 94 valence electrons. The molecule has 1 aromatic rings. The minimum absolute atomic E-state index is 0.0160. The Morgan fingerprint density at radius 1 is 1.47 bits per heavy atom. The van der Waals surface area contributed by atoms with Crippen LogP contribution in [0.15, 0.2) is 18.2 Å². The summed E-state index contributed by atoms with van der Waals surface area (Å²) in [4.78, 5) is 20.2. The number of benzene rings is 1. The predicted molar refractivity (Wildman–Crippen MR) is 62.3 cm³/mol. The van der Waals surface area contributed by atoms with Crippen molar-refractivity contribution >= 4 is 11.7 Å². The average Bonchev–Trinajstić information content (AvgIpc) is 2.28. The molecule has 1 rings (SSSR count). The van der Waals surface area contributed by atoms with Gasteiger partial charge in [-0.05, 0) is 19.1 Å². The number of carboxylic acids is 1. The van der Waals surface area contributed by atoms with Crippen molar-refractivity contribution in [2.24, 2.45) is 0 Å². The Kier molecular flexibility index (Phi) is 6.32. The number of hydrogen-bond acceptors (Lipinski definition) is 4. The van der Waals surface area contributed by atoms with Crippen LogP contribution in [-0.2, 0) is 4.79 Å². The van der Waals surface area contributed by atoms with Gasteiger partial charge in [0.15, 0.2) is 6.61 Å². The second-order valence-corrected chi connectivity index (χ2v) is 2.89. The SMILES string of the molecule is CC.Cc1cc(OCC(=O)O)ccc1[N+](=O)[O-]. The zero-order valence-corrected chi connectivity index (χ0v) is 9.97. The van der Waals surface area contributed by atoms with Gasteiger partial charge in [0.1, 0.15) is 5.75 Å². The van der Waals surface area contributed by atoms with Crippen LogP contribution < -0.4 is 4.74 Å². The van der Waals surface area contributed by atoms with E-state index in [9.17, 15) is 14.9 Å². The van der Waals surface area contributed by atoms with Crippen LogP contribution in [0, 0.1) is 17.0 Å². The van der Waals surface area contributed by atoms with E-state index >= 15 is 0 Å². The first-order chi connectivity index (χ1) is 8.00. The number of nitro groups is 1. The quantitative estimate of drug-likeness (QED) is 0.645. The van der Waals surface area contributed by atoms with Crippen molar-refractivity contribution < 1.29 is 19.6 Å². The number of nitro benzene ring substituents is 1. The number of hydrogen-bond donors (Lipinski definition) is 1. The summed E-state index contributed by atoms with van der Waals surface area (Å²) in [5.74, 6) is -0.786. The molecule has 0 saturated carbocycles. The third-order valence-electron chi connectivity index (χ3n) is 1.73. The highest BCUT2D eigenvalue weighted by Gasteiger charge is 2.10. The molecule has 0 aliphatic carbocycles. The van der Waals surface area contributed by atoms with Crippen LogP contribution in [0.25, 0.3) is 0 Å². The second kappa shape index (κ2) is 7.21. The van der Waals surface area contributed by atoms with Gasteiger partial charge in [0.25, 0.3) is 5.69 Å². The molecule has 0 atom stereocenters. The number of nitrogens with zero attached hydrogens (tertiary/aromatic N) is 1. The smallest absolute Gasteiger partial charge is 0.341 e. The van der Waals surface area contributed by atoms with E-state index in [2.05, 4.69) is 0 Å². The van der Waals surface area contributed by atoms with Crippen molar-refractivity contribution in [2.45, 2.75) is 20.8 Å². The van der Waals surface area contributed by atoms with E-state index in [4.69, 9.17) is 9.84 Å². The van der Waals surface area contributed by atoms with Crippen molar-refractivity contribution in [1.29, 1.82) is 0 Å². The van der Waals surface area contributed by atoms with E-state index < -0.39 is 17.5 Å². The van der Waals surface area contributed by atoms with Crippen LogP contribution in [0.5, 0.6) is 5.75 Å². The van der Waals surface area contributed by atoms with Gasteiger partial charge < -0.3 is 9.84 Å². The third kappa shape index (κ3) is 4.96. The first-order valence-electron chi connectivity index (χ1n) is 5.10. The van der Waals surface area contributed by atoms with Crippen LogP contribution in [-0.4, -0.2) is 22.6 Å². The summed E-state index contributed by atoms with van der Waals surface area (Å²) in [6.45, 7) is 5.10. The molecular formula is C11H15NO5. The predicted octanol–water partition coefficient (Wildman–Crippen LogP) is 2.39. The van der Waals surface area contributed by atoms with Gasteiger partial charge >= 0.3 is 5.97 Å². The van der Waals surface area contributed by atoms with E-state index in [1.807, 2.05) is 13.8 Å². The van der Waals surface area contributed by atoms with E-state index in [-0.39, 0.29) is 5.69 Å². The Balaban J connectivity index is 0.00000121. The average molecular weight is 241 g/mol. The third-order valence-corrected chi connectivity index (χ3v) is 1.73. The number of rotatable bonds is 4. The Labute approximate surface area is 99.0 Å². The number of carboxylic acid groups (broad SMARTS) is 1. The van der Waals surface area contributed by atoms with Gasteiger partial charge in [-0.25, -0.2) is 4.79 Å². The topological polar surface area (TPSA) is 89.7 Å². The number of carbonyl (C=O) groups is 1. The monoisotopic (exact) mass is 241 g/mol. The van der Waals surface area contributed by atoms with E-state index in [1.165, 1.54) is 18.2 Å². The number of aryl methyl sites for hydroxylation is 1. The lowest BCUT2D eigenvalue weighted by Gasteiger charge is -2.03. The second-order valence-electron chi connectivity index (χ2n) is 2.89. The molecule has 0 saturated heterocycles. The minimum atomic E-state index is -1.09. The minimum Gasteiger partial charge on any atom is -0.482 e. The Bertz CT molecular complexity index is 403. The van der Waals surface area contributed by atoms with E-state index in [1.54, 1.807) is 6.92 Å². The van der Waals surface area contributed by atoms with Crippen LogP contribution in [0.1, 0.15) is 19.4 Å². The fourth-order valence-electron chi connectivity index (χ4n) is 1.07.